The molecule has 7 heteroatoms. The number of halogens is 1. The van der Waals surface area contributed by atoms with E-state index in [4.69, 9.17) is 16.3 Å². The number of rotatable bonds is 3. The van der Waals surface area contributed by atoms with Crippen LogP contribution >= 0.6 is 11.6 Å². The highest BCUT2D eigenvalue weighted by Crippen LogP contribution is 2.23. The summed E-state index contributed by atoms with van der Waals surface area (Å²) in [5.74, 6) is 1.17. The van der Waals surface area contributed by atoms with Crippen LogP contribution in [0.5, 0.6) is 0 Å². The average Bonchev–Trinajstić information content (AvgIpc) is 2.45. The van der Waals surface area contributed by atoms with Gasteiger partial charge in [-0.3, -0.25) is 4.98 Å². The molecule has 0 aliphatic carbocycles. The zero-order valence-electron chi connectivity index (χ0n) is 14.3. The van der Waals surface area contributed by atoms with Gasteiger partial charge in [-0.1, -0.05) is 11.6 Å². The van der Waals surface area contributed by atoms with E-state index in [1.165, 1.54) is 6.20 Å². The van der Waals surface area contributed by atoms with Crippen LogP contribution in [-0.4, -0.2) is 53.2 Å². The Morgan fingerprint density at radius 2 is 2.22 bits per heavy atom. The van der Waals surface area contributed by atoms with Crippen molar-refractivity contribution in [1.29, 1.82) is 0 Å². The van der Waals surface area contributed by atoms with Crippen molar-refractivity contribution < 1.29 is 9.53 Å². The van der Waals surface area contributed by atoms with Crippen molar-refractivity contribution in [2.75, 3.05) is 31.6 Å². The fourth-order valence-electron chi connectivity index (χ4n) is 2.71. The van der Waals surface area contributed by atoms with Crippen molar-refractivity contribution in [1.82, 2.24) is 14.9 Å². The maximum Gasteiger partial charge on any atom is 0.410 e. The predicted octanol–water partition coefficient (Wildman–Crippen LogP) is 3.21. The van der Waals surface area contributed by atoms with Gasteiger partial charge in [-0.25, -0.2) is 9.78 Å². The Kier molecular flexibility index (Phi) is 5.68. The second kappa shape index (κ2) is 7.34. The van der Waals surface area contributed by atoms with Crippen LogP contribution in [0, 0.1) is 5.92 Å². The number of anilines is 1. The summed E-state index contributed by atoms with van der Waals surface area (Å²) < 4.78 is 5.40. The number of ether oxygens (including phenoxy) is 1. The molecule has 1 amide bonds. The standard InChI is InChI=1S/C16H25ClN4O2/c1-16(2,3)23-15(22)20(4)10-12-6-5-7-21(11-12)14-9-18-8-13(17)19-14/h8-9,12H,5-7,10-11H2,1-4H3. The Bertz CT molecular complexity index is 547. The van der Waals surface area contributed by atoms with Gasteiger partial charge in [-0.05, 0) is 39.5 Å². The molecule has 1 aromatic heterocycles. The fourth-order valence-corrected chi connectivity index (χ4v) is 2.85. The molecule has 1 aliphatic rings. The van der Waals surface area contributed by atoms with Gasteiger partial charge in [0.25, 0.3) is 0 Å². The normalized spacial score (nSPS) is 18.7. The second-order valence-corrected chi connectivity index (χ2v) is 7.40. The average molecular weight is 341 g/mol. The highest BCUT2D eigenvalue weighted by molar-refractivity contribution is 6.29. The molecule has 2 rings (SSSR count). The van der Waals surface area contributed by atoms with E-state index in [2.05, 4.69) is 14.9 Å². The second-order valence-electron chi connectivity index (χ2n) is 7.02. The molecule has 0 saturated carbocycles. The SMILES string of the molecule is CN(CC1CCCN(c2cncc(Cl)n2)C1)C(=O)OC(C)(C)C. The summed E-state index contributed by atoms with van der Waals surface area (Å²) >= 11 is 5.92. The van der Waals surface area contributed by atoms with Crippen molar-refractivity contribution in [3.05, 3.63) is 17.5 Å². The van der Waals surface area contributed by atoms with Crippen molar-refractivity contribution in [2.45, 2.75) is 39.2 Å². The minimum atomic E-state index is -0.472. The van der Waals surface area contributed by atoms with E-state index in [0.717, 1.165) is 31.7 Å². The monoisotopic (exact) mass is 340 g/mol. The number of amides is 1. The van der Waals surface area contributed by atoms with E-state index in [1.54, 1.807) is 18.1 Å². The van der Waals surface area contributed by atoms with Gasteiger partial charge in [0.2, 0.25) is 0 Å². The van der Waals surface area contributed by atoms with Crippen LogP contribution < -0.4 is 4.90 Å². The number of hydrogen-bond donors (Lipinski definition) is 0. The van der Waals surface area contributed by atoms with E-state index >= 15 is 0 Å². The first-order valence-electron chi connectivity index (χ1n) is 7.91. The molecule has 1 aliphatic heterocycles. The van der Waals surface area contributed by atoms with Crippen LogP contribution in [0.3, 0.4) is 0 Å². The van der Waals surface area contributed by atoms with E-state index in [-0.39, 0.29) is 6.09 Å². The molecule has 0 aromatic carbocycles. The fraction of sp³-hybridized carbons (Fsp3) is 0.688. The van der Waals surface area contributed by atoms with Gasteiger partial charge < -0.3 is 14.5 Å². The third-order valence-electron chi connectivity index (χ3n) is 3.67. The molecule has 6 nitrogen and oxygen atoms in total. The van der Waals surface area contributed by atoms with Gasteiger partial charge in [-0.15, -0.1) is 0 Å². The van der Waals surface area contributed by atoms with Crippen LogP contribution in [0.25, 0.3) is 0 Å². The molecule has 0 radical (unpaired) electrons. The summed E-state index contributed by atoms with van der Waals surface area (Å²) in [4.78, 5) is 24.3. The number of aromatic nitrogens is 2. The van der Waals surface area contributed by atoms with Crippen molar-refractivity contribution in [2.24, 2.45) is 5.92 Å². The van der Waals surface area contributed by atoms with Crippen LogP contribution in [-0.2, 0) is 4.74 Å². The van der Waals surface area contributed by atoms with E-state index in [1.807, 2.05) is 20.8 Å². The first-order chi connectivity index (χ1) is 10.7. The molecule has 23 heavy (non-hydrogen) atoms. The molecule has 1 unspecified atom stereocenters. The van der Waals surface area contributed by atoms with Gasteiger partial charge >= 0.3 is 6.09 Å². The number of carbonyl (C=O) groups is 1. The predicted molar refractivity (Wildman–Crippen MR) is 90.8 cm³/mol. The van der Waals surface area contributed by atoms with E-state index < -0.39 is 5.60 Å². The Balaban J connectivity index is 1.92. The quantitative estimate of drug-likeness (QED) is 0.845. The molecular formula is C16H25ClN4O2. The molecule has 2 heterocycles. The minimum Gasteiger partial charge on any atom is -0.444 e. The van der Waals surface area contributed by atoms with Gasteiger partial charge in [0.05, 0.1) is 12.4 Å². The van der Waals surface area contributed by atoms with Crippen molar-refractivity contribution >= 4 is 23.5 Å². The topological polar surface area (TPSA) is 58.6 Å². The van der Waals surface area contributed by atoms with Gasteiger partial charge in [0.1, 0.15) is 16.6 Å². The lowest BCUT2D eigenvalue weighted by Crippen LogP contribution is -2.43. The minimum absolute atomic E-state index is 0.280. The summed E-state index contributed by atoms with van der Waals surface area (Å²) in [6.45, 7) is 8.06. The van der Waals surface area contributed by atoms with Crippen LogP contribution in [0.2, 0.25) is 5.15 Å². The van der Waals surface area contributed by atoms with Crippen LogP contribution in [0.15, 0.2) is 12.4 Å². The number of hydrogen-bond acceptors (Lipinski definition) is 5. The molecule has 0 spiro atoms. The lowest BCUT2D eigenvalue weighted by molar-refractivity contribution is 0.0269. The maximum absolute atomic E-state index is 12.1. The van der Waals surface area contributed by atoms with Crippen molar-refractivity contribution in [3.8, 4) is 0 Å². The Morgan fingerprint density at radius 1 is 1.48 bits per heavy atom. The maximum atomic E-state index is 12.1. The van der Waals surface area contributed by atoms with Crippen molar-refractivity contribution in [3.63, 3.8) is 0 Å². The molecule has 1 aromatic rings. The lowest BCUT2D eigenvalue weighted by atomic mass is 9.97. The summed E-state index contributed by atoms with van der Waals surface area (Å²) in [6, 6.07) is 0. The first-order valence-corrected chi connectivity index (χ1v) is 8.29. The van der Waals surface area contributed by atoms with Crippen LogP contribution in [0.4, 0.5) is 10.6 Å². The highest BCUT2D eigenvalue weighted by Gasteiger charge is 2.26. The summed E-state index contributed by atoms with van der Waals surface area (Å²) in [5.41, 5.74) is -0.472. The lowest BCUT2D eigenvalue weighted by Gasteiger charge is -2.35. The van der Waals surface area contributed by atoms with E-state index in [9.17, 15) is 4.79 Å². The molecular weight excluding hydrogens is 316 g/mol. The third-order valence-corrected chi connectivity index (χ3v) is 3.85. The van der Waals surface area contributed by atoms with Crippen LogP contribution in [0.1, 0.15) is 33.6 Å². The van der Waals surface area contributed by atoms with Gasteiger partial charge in [-0.2, -0.15) is 0 Å². The third kappa shape index (κ3) is 5.53. The molecule has 1 saturated heterocycles. The molecule has 128 valence electrons. The number of nitrogens with zero attached hydrogens (tertiary/aromatic N) is 4. The highest BCUT2D eigenvalue weighted by atomic mass is 35.5. The molecule has 0 N–H and O–H groups in total. The Hall–Kier alpha value is -1.56. The zero-order chi connectivity index (χ0) is 17.0. The summed E-state index contributed by atoms with van der Waals surface area (Å²) in [5, 5.41) is 0.399. The molecule has 1 atom stereocenters. The van der Waals surface area contributed by atoms with E-state index in [0.29, 0.717) is 17.6 Å². The largest absolute Gasteiger partial charge is 0.444 e. The Morgan fingerprint density at radius 3 is 2.87 bits per heavy atom. The Labute approximate surface area is 142 Å². The molecule has 0 bridgehead atoms. The smallest absolute Gasteiger partial charge is 0.410 e. The number of carbonyl (C=O) groups excluding carboxylic acids is 1. The van der Waals surface area contributed by atoms with Gasteiger partial charge in [0, 0.05) is 26.7 Å². The summed E-state index contributed by atoms with van der Waals surface area (Å²) in [6.07, 6.45) is 5.12. The summed E-state index contributed by atoms with van der Waals surface area (Å²) in [7, 11) is 1.78. The van der Waals surface area contributed by atoms with Gasteiger partial charge in [0.15, 0.2) is 0 Å². The molecule has 1 fully saturated rings. The zero-order valence-corrected chi connectivity index (χ0v) is 15.0. The number of piperidine rings is 1. The first kappa shape index (κ1) is 17.8.